The standard InChI is InChI=1S/C18H18N2O6/c1-22-13-5-4-12(8-14(13)23-2)18(21)20-19-9-11-6-15(24-3)17-16(7-11)25-10-26-17/h4-9H,10H2,1-3H3,(H,20,21)/b19-9+. The predicted octanol–water partition coefficient (Wildman–Crippen LogP) is 2.21. The van der Waals surface area contributed by atoms with E-state index in [1.54, 1.807) is 30.3 Å². The van der Waals surface area contributed by atoms with Crippen LogP contribution >= 0.6 is 0 Å². The minimum absolute atomic E-state index is 0.141. The van der Waals surface area contributed by atoms with Crippen LogP contribution in [-0.2, 0) is 0 Å². The summed E-state index contributed by atoms with van der Waals surface area (Å²) in [4.78, 5) is 12.2. The van der Waals surface area contributed by atoms with E-state index in [0.29, 0.717) is 39.9 Å². The van der Waals surface area contributed by atoms with Crippen molar-refractivity contribution in [1.29, 1.82) is 0 Å². The van der Waals surface area contributed by atoms with Crippen LogP contribution in [0.25, 0.3) is 0 Å². The number of hydrazone groups is 1. The van der Waals surface area contributed by atoms with Gasteiger partial charge in [-0.15, -0.1) is 0 Å². The summed E-state index contributed by atoms with van der Waals surface area (Å²) in [6, 6.07) is 8.33. The van der Waals surface area contributed by atoms with Crippen LogP contribution in [0.5, 0.6) is 28.7 Å². The van der Waals surface area contributed by atoms with Gasteiger partial charge < -0.3 is 23.7 Å². The third-order valence-corrected chi connectivity index (χ3v) is 3.71. The molecule has 136 valence electrons. The van der Waals surface area contributed by atoms with Crippen molar-refractivity contribution in [3.05, 3.63) is 41.5 Å². The molecule has 2 aromatic rings. The predicted molar refractivity (Wildman–Crippen MR) is 93.7 cm³/mol. The van der Waals surface area contributed by atoms with E-state index in [-0.39, 0.29) is 12.7 Å². The average Bonchev–Trinajstić information content (AvgIpc) is 3.15. The molecule has 0 unspecified atom stereocenters. The first-order chi connectivity index (χ1) is 12.7. The lowest BCUT2D eigenvalue weighted by Crippen LogP contribution is -2.17. The number of nitrogens with zero attached hydrogens (tertiary/aromatic N) is 1. The molecule has 0 aliphatic carbocycles. The highest BCUT2D eigenvalue weighted by Gasteiger charge is 2.19. The third kappa shape index (κ3) is 3.49. The molecule has 26 heavy (non-hydrogen) atoms. The highest BCUT2D eigenvalue weighted by Crippen LogP contribution is 2.41. The number of fused-ring (bicyclic) bond motifs is 1. The fourth-order valence-electron chi connectivity index (χ4n) is 2.43. The van der Waals surface area contributed by atoms with Gasteiger partial charge in [0, 0.05) is 11.1 Å². The Labute approximate surface area is 150 Å². The van der Waals surface area contributed by atoms with Crippen molar-refractivity contribution in [2.75, 3.05) is 28.1 Å². The second kappa shape index (κ2) is 7.64. The summed E-state index contributed by atoms with van der Waals surface area (Å²) in [5.74, 6) is 2.28. The molecule has 1 heterocycles. The summed E-state index contributed by atoms with van der Waals surface area (Å²) in [7, 11) is 4.57. The molecule has 2 aromatic carbocycles. The van der Waals surface area contributed by atoms with E-state index in [4.69, 9.17) is 23.7 Å². The number of rotatable bonds is 6. The molecule has 0 atom stereocenters. The Bertz CT molecular complexity index is 850. The fraction of sp³-hybridized carbons (Fsp3) is 0.222. The SMILES string of the molecule is COc1ccc(C(=O)N/N=C/c2cc(OC)c3c(c2)OCO3)cc1OC. The fourth-order valence-corrected chi connectivity index (χ4v) is 2.43. The summed E-state index contributed by atoms with van der Waals surface area (Å²) in [6.07, 6.45) is 1.49. The number of benzene rings is 2. The second-order valence-corrected chi connectivity index (χ2v) is 5.23. The molecule has 8 nitrogen and oxygen atoms in total. The largest absolute Gasteiger partial charge is 0.493 e. The van der Waals surface area contributed by atoms with Crippen LogP contribution in [0, 0.1) is 0 Å². The van der Waals surface area contributed by atoms with Crippen molar-refractivity contribution in [1.82, 2.24) is 5.43 Å². The molecule has 0 aromatic heterocycles. The lowest BCUT2D eigenvalue weighted by molar-refractivity contribution is 0.0954. The van der Waals surface area contributed by atoms with Gasteiger partial charge in [-0.1, -0.05) is 0 Å². The van der Waals surface area contributed by atoms with Crippen molar-refractivity contribution < 1.29 is 28.5 Å². The highest BCUT2D eigenvalue weighted by molar-refractivity contribution is 5.95. The lowest BCUT2D eigenvalue weighted by atomic mass is 10.2. The van der Waals surface area contributed by atoms with Crippen LogP contribution in [0.4, 0.5) is 0 Å². The maximum absolute atomic E-state index is 12.2. The Hall–Kier alpha value is -3.42. The molecule has 0 saturated heterocycles. The van der Waals surface area contributed by atoms with Crippen molar-refractivity contribution in [2.45, 2.75) is 0 Å². The quantitative estimate of drug-likeness (QED) is 0.629. The molecule has 1 aliphatic heterocycles. The van der Waals surface area contributed by atoms with E-state index >= 15 is 0 Å². The van der Waals surface area contributed by atoms with Crippen LogP contribution in [0.2, 0.25) is 0 Å². The molecule has 1 amide bonds. The van der Waals surface area contributed by atoms with E-state index in [1.807, 2.05) is 0 Å². The Kier molecular flexibility index (Phi) is 5.12. The van der Waals surface area contributed by atoms with E-state index < -0.39 is 0 Å². The van der Waals surface area contributed by atoms with Gasteiger partial charge in [-0.25, -0.2) is 5.43 Å². The van der Waals surface area contributed by atoms with Gasteiger partial charge in [0.05, 0.1) is 27.5 Å². The van der Waals surface area contributed by atoms with Gasteiger partial charge in [-0.2, -0.15) is 5.10 Å². The molecular formula is C18H18N2O6. The van der Waals surface area contributed by atoms with Crippen molar-refractivity contribution in [3.8, 4) is 28.7 Å². The second-order valence-electron chi connectivity index (χ2n) is 5.23. The van der Waals surface area contributed by atoms with E-state index in [9.17, 15) is 4.79 Å². The van der Waals surface area contributed by atoms with Crippen LogP contribution in [0.1, 0.15) is 15.9 Å². The maximum atomic E-state index is 12.2. The van der Waals surface area contributed by atoms with E-state index in [0.717, 1.165) is 0 Å². The number of ether oxygens (including phenoxy) is 5. The number of carbonyl (C=O) groups is 1. The van der Waals surface area contributed by atoms with Gasteiger partial charge in [0.25, 0.3) is 5.91 Å². The molecule has 1 N–H and O–H groups in total. The molecule has 0 bridgehead atoms. The normalized spacial score (nSPS) is 12.1. The topological polar surface area (TPSA) is 87.6 Å². The Morgan fingerprint density at radius 2 is 1.81 bits per heavy atom. The zero-order valence-corrected chi connectivity index (χ0v) is 14.6. The van der Waals surface area contributed by atoms with Gasteiger partial charge in [-0.05, 0) is 30.3 Å². The van der Waals surface area contributed by atoms with Gasteiger partial charge >= 0.3 is 0 Å². The van der Waals surface area contributed by atoms with Crippen LogP contribution in [0.3, 0.4) is 0 Å². The van der Waals surface area contributed by atoms with Gasteiger partial charge in [0.2, 0.25) is 12.5 Å². The number of amides is 1. The summed E-state index contributed by atoms with van der Waals surface area (Å²) >= 11 is 0. The van der Waals surface area contributed by atoms with E-state index in [2.05, 4.69) is 10.5 Å². The summed E-state index contributed by atoms with van der Waals surface area (Å²) in [5, 5.41) is 3.97. The molecule has 8 heteroatoms. The minimum atomic E-state index is -0.380. The number of carbonyl (C=O) groups excluding carboxylic acids is 1. The van der Waals surface area contributed by atoms with Crippen molar-refractivity contribution >= 4 is 12.1 Å². The first-order valence-electron chi connectivity index (χ1n) is 7.69. The Morgan fingerprint density at radius 3 is 2.54 bits per heavy atom. The van der Waals surface area contributed by atoms with Crippen LogP contribution in [0.15, 0.2) is 35.4 Å². The van der Waals surface area contributed by atoms with Crippen molar-refractivity contribution in [3.63, 3.8) is 0 Å². The monoisotopic (exact) mass is 358 g/mol. The molecule has 1 aliphatic rings. The zero-order chi connectivity index (χ0) is 18.5. The number of hydrogen-bond donors (Lipinski definition) is 1. The Balaban J connectivity index is 1.72. The minimum Gasteiger partial charge on any atom is -0.493 e. The van der Waals surface area contributed by atoms with Crippen molar-refractivity contribution in [2.24, 2.45) is 5.10 Å². The van der Waals surface area contributed by atoms with Crippen LogP contribution < -0.4 is 29.1 Å². The summed E-state index contributed by atoms with van der Waals surface area (Å²) in [5.41, 5.74) is 3.55. The summed E-state index contributed by atoms with van der Waals surface area (Å²) < 4.78 is 26.3. The molecule has 0 saturated carbocycles. The molecular weight excluding hydrogens is 340 g/mol. The van der Waals surface area contributed by atoms with Gasteiger partial charge in [-0.3, -0.25) is 4.79 Å². The van der Waals surface area contributed by atoms with Gasteiger partial charge in [0.15, 0.2) is 23.0 Å². The first-order valence-corrected chi connectivity index (χ1v) is 7.69. The highest BCUT2D eigenvalue weighted by atomic mass is 16.7. The summed E-state index contributed by atoms with van der Waals surface area (Å²) in [6.45, 7) is 0.141. The van der Waals surface area contributed by atoms with Crippen LogP contribution in [-0.4, -0.2) is 40.2 Å². The molecule has 3 rings (SSSR count). The lowest BCUT2D eigenvalue weighted by Gasteiger charge is -2.08. The van der Waals surface area contributed by atoms with E-state index in [1.165, 1.54) is 27.5 Å². The number of nitrogens with one attached hydrogen (secondary N) is 1. The third-order valence-electron chi connectivity index (χ3n) is 3.71. The molecule has 0 fully saturated rings. The first kappa shape index (κ1) is 17.4. The number of hydrogen-bond acceptors (Lipinski definition) is 7. The molecule has 0 spiro atoms. The molecule has 0 radical (unpaired) electrons. The maximum Gasteiger partial charge on any atom is 0.271 e. The zero-order valence-electron chi connectivity index (χ0n) is 14.6. The number of methoxy groups -OCH3 is 3. The smallest absolute Gasteiger partial charge is 0.271 e. The Morgan fingerprint density at radius 1 is 1.04 bits per heavy atom. The average molecular weight is 358 g/mol. The van der Waals surface area contributed by atoms with Gasteiger partial charge in [0.1, 0.15) is 0 Å².